The van der Waals surface area contributed by atoms with E-state index >= 15 is 0 Å². The van der Waals surface area contributed by atoms with E-state index in [2.05, 4.69) is 11.3 Å². The number of methoxy groups -OCH3 is 1. The Morgan fingerprint density at radius 1 is 1.44 bits per heavy atom. The molecule has 3 heteroatoms. The summed E-state index contributed by atoms with van der Waals surface area (Å²) in [5, 5.41) is 15.2. The van der Waals surface area contributed by atoms with E-state index in [0.717, 1.165) is 0 Å². The highest BCUT2D eigenvalue weighted by molar-refractivity contribution is 4.62. The van der Waals surface area contributed by atoms with E-state index in [1.807, 2.05) is 0 Å². The Morgan fingerprint density at radius 3 is 1.89 bits per heavy atom. The van der Waals surface area contributed by atoms with Crippen molar-refractivity contribution in [2.24, 2.45) is 0 Å². The molecule has 0 saturated heterocycles. The first-order chi connectivity index (χ1) is 4.33. The highest BCUT2D eigenvalue weighted by Gasteiger charge is 1.58. The van der Waals surface area contributed by atoms with E-state index in [9.17, 15) is 0 Å². The van der Waals surface area contributed by atoms with Crippen molar-refractivity contribution in [1.29, 1.82) is 0 Å². The molecule has 0 bridgehead atoms. The van der Waals surface area contributed by atoms with Crippen molar-refractivity contribution in [2.45, 2.75) is 0 Å². The van der Waals surface area contributed by atoms with Crippen molar-refractivity contribution in [3.05, 3.63) is 12.7 Å². The van der Waals surface area contributed by atoms with Crippen LogP contribution < -0.4 is 0 Å². The molecule has 0 spiro atoms. The first-order valence-electron chi connectivity index (χ1n) is 2.65. The molecule has 0 unspecified atom stereocenters. The Kier molecular flexibility index (Phi) is 19.9. The summed E-state index contributed by atoms with van der Waals surface area (Å²) >= 11 is 0. The van der Waals surface area contributed by atoms with E-state index in [0.29, 0.717) is 6.61 Å². The minimum atomic E-state index is -0.125. The third-order valence-corrected chi connectivity index (χ3v) is 0.385. The minimum absolute atomic E-state index is 0.125. The van der Waals surface area contributed by atoms with Crippen molar-refractivity contribution in [1.82, 2.24) is 0 Å². The molecule has 0 fully saturated rings. The van der Waals surface area contributed by atoms with Crippen LogP contribution in [0.4, 0.5) is 0 Å². The molecule has 0 aliphatic carbocycles. The molecule has 0 rings (SSSR count). The smallest absolute Gasteiger partial charge is 0.0662 e. The fourth-order valence-electron chi connectivity index (χ4n) is 0.118. The molecular formula is C6H14O3. The van der Waals surface area contributed by atoms with Crippen LogP contribution in [-0.2, 0) is 4.74 Å². The number of ether oxygens (including phenoxy) is 1. The predicted octanol–water partition coefficient (Wildman–Crippen LogP) is -0.210. The van der Waals surface area contributed by atoms with Gasteiger partial charge in [-0.3, -0.25) is 0 Å². The van der Waals surface area contributed by atoms with E-state index in [1.54, 1.807) is 13.2 Å². The van der Waals surface area contributed by atoms with Crippen LogP contribution >= 0.6 is 0 Å². The Balaban J connectivity index is 0. The average molecular weight is 134 g/mol. The van der Waals surface area contributed by atoms with E-state index < -0.39 is 0 Å². The highest BCUT2D eigenvalue weighted by atomic mass is 16.5. The summed E-state index contributed by atoms with van der Waals surface area (Å²) in [6.45, 7) is 3.83. The van der Waals surface area contributed by atoms with Gasteiger partial charge in [0.25, 0.3) is 0 Å². The second kappa shape index (κ2) is 15.6. The molecule has 0 aromatic carbocycles. The van der Waals surface area contributed by atoms with Gasteiger partial charge in [0.2, 0.25) is 0 Å². The zero-order valence-electron chi connectivity index (χ0n) is 5.71. The Bertz CT molecular complexity index is 43.6. The number of hydrogen-bond donors (Lipinski definition) is 2. The van der Waals surface area contributed by atoms with Crippen LogP contribution in [-0.4, -0.2) is 37.1 Å². The van der Waals surface area contributed by atoms with Crippen LogP contribution in [0.3, 0.4) is 0 Å². The van der Waals surface area contributed by atoms with Gasteiger partial charge in [-0.2, -0.15) is 0 Å². The van der Waals surface area contributed by atoms with Crippen molar-refractivity contribution in [3.8, 4) is 0 Å². The molecule has 3 nitrogen and oxygen atoms in total. The van der Waals surface area contributed by atoms with Crippen LogP contribution in [0.15, 0.2) is 12.7 Å². The average Bonchev–Trinajstić information content (AvgIpc) is 1.91. The lowest BCUT2D eigenvalue weighted by Gasteiger charge is -1.79. The van der Waals surface area contributed by atoms with Crippen LogP contribution in [0.5, 0.6) is 0 Å². The third kappa shape index (κ3) is 35.1. The first-order valence-corrected chi connectivity index (χ1v) is 2.65. The Labute approximate surface area is 55.6 Å². The number of hydrogen-bond acceptors (Lipinski definition) is 3. The van der Waals surface area contributed by atoms with Crippen LogP contribution in [0.2, 0.25) is 0 Å². The summed E-state index contributed by atoms with van der Waals surface area (Å²) in [5.74, 6) is 0. The standard InChI is InChI=1S/C4H8O.C2H6O2/c1-3-4-5-2;3-1-2-4/h3H,1,4H2,2H3;3-4H,1-2H2. The monoisotopic (exact) mass is 134 g/mol. The maximum atomic E-state index is 7.62. The second-order valence-electron chi connectivity index (χ2n) is 1.19. The SMILES string of the molecule is C=CCOC.OCCO. The lowest BCUT2D eigenvalue weighted by molar-refractivity contribution is 0.186. The van der Waals surface area contributed by atoms with Gasteiger partial charge in [-0.1, -0.05) is 6.08 Å². The molecule has 0 heterocycles. The summed E-state index contributed by atoms with van der Waals surface area (Å²) in [6, 6.07) is 0. The lowest BCUT2D eigenvalue weighted by atomic mass is 10.7. The fourth-order valence-corrected chi connectivity index (χ4v) is 0.118. The second-order valence-corrected chi connectivity index (χ2v) is 1.19. The molecule has 0 atom stereocenters. The maximum Gasteiger partial charge on any atom is 0.0662 e. The lowest BCUT2D eigenvalue weighted by Crippen LogP contribution is -1.85. The zero-order valence-corrected chi connectivity index (χ0v) is 5.71. The Hall–Kier alpha value is -0.380. The third-order valence-electron chi connectivity index (χ3n) is 0.385. The zero-order chi connectivity index (χ0) is 7.54. The van der Waals surface area contributed by atoms with Gasteiger partial charge >= 0.3 is 0 Å². The van der Waals surface area contributed by atoms with Crippen LogP contribution in [0.1, 0.15) is 0 Å². The summed E-state index contributed by atoms with van der Waals surface area (Å²) in [4.78, 5) is 0. The summed E-state index contributed by atoms with van der Waals surface area (Å²) in [7, 11) is 1.64. The molecule has 0 radical (unpaired) electrons. The van der Waals surface area contributed by atoms with Gasteiger partial charge in [0.1, 0.15) is 0 Å². The molecule has 0 aromatic rings. The van der Waals surface area contributed by atoms with Crippen molar-refractivity contribution in [2.75, 3.05) is 26.9 Å². The molecular weight excluding hydrogens is 120 g/mol. The van der Waals surface area contributed by atoms with Gasteiger partial charge in [-0.25, -0.2) is 0 Å². The fraction of sp³-hybridized carbons (Fsp3) is 0.667. The summed E-state index contributed by atoms with van der Waals surface area (Å²) < 4.78 is 4.57. The number of aliphatic hydroxyl groups excluding tert-OH is 2. The molecule has 0 aromatic heterocycles. The topological polar surface area (TPSA) is 49.7 Å². The van der Waals surface area contributed by atoms with Gasteiger partial charge in [-0.05, 0) is 0 Å². The van der Waals surface area contributed by atoms with Gasteiger partial charge in [0.15, 0.2) is 0 Å². The number of rotatable bonds is 3. The van der Waals surface area contributed by atoms with Gasteiger partial charge in [0, 0.05) is 7.11 Å². The van der Waals surface area contributed by atoms with Gasteiger partial charge in [-0.15, -0.1) is 6.58 Å². The normalized spacial score (nSPS) is 7.44. The maximum absolute atomic E-state index is 7.62. The van der Waals surface area contributed by atoms with Gasteiger partial charge in [0.05, 0.1) is 19.8 Å². The molecule has 56 valence electrons. The van der Waals surface area contributed by atoms with E-state index in [4.69, 9.17) is 10.2 Å². The van der Waals surface area contributed by atoms with E-state index in [1.165, 1.54) is 0 Å². The van der Waals surface area contributed by atoms with Crippen molar-refractivity contribution < 1.29 is 14.9 Å². The molecule has 0 amide bonds. The van der Waals surface area contributed by atoms with Crippen LogP contribution in [0, 0.1) is 0 Å². The molecule has 0 saturated carbocycles. The molecule has 0 aliphatic rings. The summed E-state index contributed by atoms with van der Waals surface area (Å²) in [5.41, 5.74) is 0. The van der Waals surface area contributed by atoms with E-state index in [-0.39, 0.29) is 13.2 Å². The first kappa shape index (κ1) is 11.4. The number of aliphatic hydroxyl groups is 2. The largest absolute Gasteiger partial charge is 0.394 e. The highest BCUT2D eigenvalue weighted by Crippen LogP contribution is 1.60. The molecule has 0 aliphatic heterocycles. The summed E-state index contributed by atoms with van der Waals surface area (Å²) in [6.07, 6.45) is 1.71. The molecule has 9 heavy (non-hydrogen) atoms. The quantitative estimate of drug-likeness (QED) is 0.525. The van der Waals surface area contributed by atoms with Crippen molar-refractivity contribution in [3.63, 3.8) is 0 Å². The van der Waals surface area contributed by atoms with Crippen LogP contribution in [0.25, 0.3) is 0 Å². The minimum Gasteiger partial charge on any atom is -0.394 e. The molecule has 2 N–H and O–H groups in total. The van der Waals surface area contributed by atoms with Crippen molar-refractivity contribution >= 4 is 0 Å². The Morgan fingerprint density at radius 2 is 1.89 bits per heavy atom. The van der Waals surface area contributed by atoms with Gasteiger partial charge < -0.3 is 14.9 Å². The predicted molar refractivity (Wildman–Crippen MR) is 36.2 cm³/mol.